The molecule has 14 heavy (non-hydrogen) atoms. The molecular formula is C3H7F3N2O4S2. The van der Waals surface area contributed by atoms with E-state index in [1.54, 1.807) is 0 Å². The lowest BCUT2D eigenvalue weighted by Gasteiger charge is -2.07. The van der Waals surface area contributed by atoms with Crippen LogP contribution in [0.15, 0.2) is 3.77 Å². The lowest BCUT2D eigenvalue weighted by molar-refractivity contribution is -0.000808. The number of alkyl halides is 2. The van der Waals surface area contributed by atoms with Crippen molar-refractivity contribution in [3.05, 3.63) is 0 Å². The van der Waals surface area contributed by atoms with Gasteiger partial charge >= 0.3 is 16.0 Å². The fourth-order valence-corrected chi connectivity index (χ4v) is 2.26. The highest BCUT2D eigenvalue weighted by atomic mass is 32.3. The fraction of sp³-hybridized carbons (Fsp3) is 1.00. The molecule has 1 atom stereocenters. The molecule has 1 unspecified atom stereocenters. The average Bonchev–Trinajstić information content (AvgIpc) is 2.02. The van der Waals surface area contributed by atoms with E-state index in [4.69, 9.17) is 0 Å². The van der Waals surface area contributed by atoms with Crippen LogP contribution in [0.25, 0.3) is 0 Å². The third kappa shape index (κ3) is 3.08. The van der Waals surface area contributed by atoms with Crippen molar-refractivity contribution in [2.45, 2.75) is 5.76 Å². The Kier molecular flexibility index (Phi) is 4.30. The summed E-state index contributed by atoms with van der Waals surface area (Å²) in [7, 11) is -7.83. The van der Waals surface area contributed by atoms with E-state index in [0.29, 0.717) is 4.31 Å². The maximum Gasteiger partial charge on any atom is 0.346 e. The van der Waals surface area contributed by atoms with Gasteiger partial charge in [-0.25, -0.2) is 4.21 Å². The first kappa shape index (κ1) is 13.6. The Bertz CT molecular complexity index is 396. The summed E-state index contributed by atoms with van der Waals surface area (Å²) in [5, 5.41) is 0. The van der Waals surface area contributed by atoms with Crippen LogP contribution in [0.4, 0.5) is 13.3 Å². The predicted molar refractivity (Wildman–Crippen MR) is 41.4 cm³/mol. The van der Waals surface area contributed by atoms with Crippen molar-refractivity contribution < 1.29 is 30.3 Å². The highest BCUT2D eigenvalue weighted by Gasteiger charge is 2.29. The molecule has 0 N–H and O–H groups in total. The summed E-state index contributed by atoms with van der Waals surface area (Å²) < 4.78 is 72.4. The normalized spacial score (nSPS) is 17.1. The summed E-state index contributed by atoms with van der Waals surface area (Å²) in [5.74, 6) is -3.86. The molecule has 6 nitrogen and oxygen atoms in total. The summed E-state index contributed by atoms with van der Waals surface area (Å²) in [6.07, 6.45) is 0. The van der Waals surface area contributed by atoms with Gasteiger partial charge in [0.05, 0.1) is 0 Å². The smallest absolute Gasteiger partial charge is 0.211 e. The molecule has 0 aliphatic rings. The van der Waals surface area contributed by atoms with Crippen molar-refractivity contribution in [1.82, 2.24) is 4.31 Å². The van der Waals surface area contributed by atoms with Gasteiger partial charge < -0.3 is 0 Å². The van der Waals surface area contributed by atoms with E-state index in [1.165, 1.54) is 0 Å². The quantitative estimate of drug-likeness (QED) is 0.725. The Morgan fingerprint density at radius 3 is 1.93 bits per heavy atom. The Balaban J connectivity index is 5.49. The molecule has 0 aromatic rings. The molecule has 0 aromatic carbocycles. The Labute approximate surface area is 79.1 Å². The van der Waals surface area contributed by atoms with Crippen LogP contribution < -0.4 is 0 Å². The lowest BCUT2D eigenvalue weighted by atomic mass is 11.3. The fourth-order valence-electron chi connectivity index (χ4n) is 0.269. The summed E-state index contributed by atoms with van der Waals surface area (Å²) in [6, 6.07) is 0. The number of halogens is 3. The first-order valence-electron chi connectivity index (χ1n) is 2.94. The van der Waals surface area contributed by atoms with Crippen LogP contribution in [0.1, 0.15) is 0 Å². The SMILES string of the molecule is CN(C)S(=O)(=O)N=S(=O)(OF)C(F)F. The zero-order valence-electron chi connectivity index (χ0n) is 7.06. The molecule has 0 aromatic heterocycles. The van der Waals surface area contributed by atoms with Gasteiger partial charge in [0, 0.05) is 14.1 Å². The van der Waals surface area contributed by atoms with Gasteiger partial charge in [-0.15, -0.1) is 0 Å². The number of nitrogens with zero attached hydrogens (tertiary/aromatic N) is 2. The third-order valence-electron chi connectivity index (χ3n) is 0.975. The van der Waals surface area contributed by atoms with Crippen molar-refractivity contribution in [2.75, 3.05) is 14.1 Å². The molecule has 0 bridgehead atoms. The van der Waals surface area contributed by atoms with E-state index in [-0.39, 0.29) is 0 Å². The van der Waals surface area contributed by atoms with Crippen molar-refractivity contribution in [2.24, 2.45) is 3.77 Å². The number of hydrogen-bond acceptors (Lipinski definition) is 4. The second-order valence-electron chi connectivity index (χ2n) is 2.17. The van der Waals surface area contributed by atoms with Gasteiger partial charge in [0.25, 0.3) is 10.0 Å². The van der Waals surface area contributed by atoms with E-state index in [2.05, 4.69) is 8.16 Å². The second-order valence-corrected chi connectivity index (χ2v) is 5.91. The Hall–Kier alpha value is -0.390. The van der Waals surface area contributed by atoms with Crippen LogP contribution in [0, 0.1) is 0 Å². The molecule has 0 amide bonds. The topological polar surface area (TPSA) is 76.0 Å². The molecule has 0 aliphatic heterocycles. The number of rotatable bonds is 4. The summed E-state index contributed by atoms with van der Waals surface area (Å²) >= 11 is 0. The van der Waals surface area contributed by atoms with Crippen LogP contribution in [-0.4, -0.2) is 36.8 Å². The van der Waals surface area contributed by atoms with Gasteiger partial charge in [-0.05, 0) is 4.53 Å². The second kappa shape index (κ2) is 4.42. The molecule has 0 fully saturated rings. The number of hydrogen-bond donors (Lipinski definition) is 0. The molecule has 0 heterocycles. The van der Waals surface area contributed by atoms with E-state index in [9.17, 15) is 25.9 Å². The monoisotopic (exact) mass is 256 g/mol. The molecule has 0 saturated heterocycles. The maximum atomic E-state index is 11.9. The molecule has 86 valence electrons. The van der Waals surface area contributed by atoms with Crippen LogP contribution in [0.5, 0.6) is 0 Å². The van der Waals surface area contributed by atoms with Gasteiger partial charge in [-0.3, -0.25) is 0 Å². The maximum absolute atomic E-state index is 11.9. The van der Waals surface area contributed by atoms with Crippen molar-refractivity contribution in [1.29, 1.82) is 0 Å². The minimum Gasteiger partial charge on any atom is -0.211 e. The molecular weight excluding hydrogens is 249 g/mol. The van der Waals surface area contributed by atoms with Crippen LogP contribution in [0.2, 0.25) is 0 Å². The third-order valence-corrected chi connectivity index (χ3v) is 4.11. The summed E-state index contributed by atoms with van der Waals surface area (Å²) in [6.45, 7) is 0. The first-order chi connectivity index (χ1) is 6.15. The minimum absolute atomic E-state index is 0.383. The molecule has 0 rings (SSSR count). The highest BCUT2D eigenvalue weighted by Crippen LogP contribution is 2.15. The van der Waals surface area contributed by atoms with Gasteiger partial charge in [0.15, 0.2) is 0 Å². The first-order valence-corrected chi connectivity index (χ1v) is 5.84. The van der Waals surface area contributed by atoms with Crippen LogP contribution in [0.3, 0.4) is 0 Å². The van der Waals surface area contributed by atoms with Crippen molar-refractivity contribution in [3.63, 3.8) is 0 Å². The summed E-state index contributed by atoms with van der Waals surface area (Å²) in [5.41, 5.74) is 0. The van der Waals surface area contributed by atoms with Gasteiger partial charge in [-0.2, -0.15) is 21.5 Å². The lowest BCUT2D eigenvalue weighted by Crippen LogP contribution is -2.23. The Morgan fingerprint density at radius 1 is 1.29 bits per heavy atom. The minimum atomic E-state index is -5.15. The van der Waals surface area contributed by atoms with Crippen molar-refractivity contribution in [3.8, 4) is 0 Å². The molecule has 0 saturated carbocycles. The van der Waals surface area contributed by atoms with Crippen LogP contribution in [-0.2, 0) is 24.6 Å². The van der Waals surface area contributed by atoms with Gasteiger partial charge in [0.1, 0.15) is 0 Å². The van der Waals surface area contributed by atoms with E-state index in [1.807, 2.05) is 0 Å². The molecule has 0 radical (unpaired) electrons. The van der Waals surface area contributed by atoms with Crippen LogP contribution >= 0.6 is 0 Å². The van der Waals surface area contributed by atoms with E-state index >= 15 is 0 Å². The zero-order valence-corrected chi connectivity index (χ0v) is 8.69. The molecule has 0 aliphatic carbocycles. The molecule has 0 spiro atoms. The van der Waals surface area contributed by atoms with E-state index in [0.717, 1.165) is 14.1 Å². The highest BCUT2D eigenvalue weighted by molar-refractivity contribution is 7.99. The van der Waals surface area contributed by atoms with Gasteiger partial charge in [-0.1, -0.05) is 8.16 Å². The zero-order chi connectivity index (χ0) is 11.6. The largest absolute Gasteiger partial charge is 0.346 e. The van der Waals surface area contributed by atoms with Gasteiger partial charge in [0.2, 0.25) is 0 Å². The standard InChI is InChI=1S/C3H7F3N2O4S2/c1-8(2)14(10,11)7-13(9,12-6)3(4)5/h3H,1-2H3. The van der Waals surface area contributed by atoms with Crippen molar-refractivity contribution >= 4 is 20.2 Å². The summed E-state index contributed by atoms with van der Waals surface area (Å²) in [4.78, 5) is 0. The molecule has 11 heteroatoms. The average molecular weight is 256 g/mol. The Morgan fingerprint density at radius 2 is 1.71 bits per heavy atom. The predicted octanol–water partition coefficient (Wildman–Crippen LogP) is 0.300. The van der Waals surface area contributed by atoms with E-state index < -0.39 is 26.0 Å².